The SMILES string of the molecule is CCOc1ccc(S(=O)(=O)N2CCCCC2)cc1NC(=O)Cn1ncc2cc([N+](=O)[O-])ccc21. The summed E-state index contributed by atoms with van der Waals surface area (Å²) in [5, 5.41) is 18.4. The molecule has 0 radical (unpaired) electrons. The van der Waals surface area contributed by atoms with E-state index in [9.17, 15) is 23.3 Å². The number of hydrogen-bond acceptors (Lipinski definition) is 7. The maximum Gasteiger partial charge on any atom is 0.270 e. The van der Waals surface area contributed by atoms with E-state index in [-0.39, 0.29) is 22.8 Å². The van der Waals surface area contributed by atoms with Crippen molar-refractivity contribution in [2.75, 3.05) is 25.0 Å². The monoisotopic (exact) mass is 487 g/mol. The summed E-state index contributed by atoms with van der Waals surface area (Å²) in [4.78, 5) is 23.4. The van der Waals surface area contributed by atoms with Crippen molar-refractivity contribution in [1.82, 2.24) is 14.1 Å². The van der Waals surface area contributed by atoms with Crippen molar-refractivity contribution in [1.29, 1.82) is 0 Å². The molecule has 0 aliphatic carbocycles. The van der Waals surface area contributed by atoms with Gasteiger partial charge in [-0.15, -0.1) is 0 Å². The molecule has 2 aromatic carbocycles. The number of nitrogens with one attached hydrogen (secondary N) is 1. The number of nitrogens with zero attached hydrogens (tertiary/aromatic N) is 4. The van der Waals surface area contributed by atoms with Crippen LogP contribution in [0.2, 0.25) is 0 Å². The molecule has 1 aromatic heterocycles. The zero-order valence-electron chi connectivity index (χ0n) is 18.6. The zero-order chi connectivity index (χ0) is 24.3. The van der Waals surface area contributed by atoms with E-state index in [0.717, 1.165) is 19.3 Å². The largest absolute Gasteiger partial charge is 0.492 e. The molecule has 1 N–H and O–H groups in total. The zero-order valence-corrected chi connectivity index (χ0v) is 19.5. The Hall–Kier alpha value is -3.51. The third-order valence-corrected chi connectivity index (χ3v) is 7.50. The lowest BCUT2D eigenvalue weighted by atomic mass is 10.2. The number of anilines is 1. The Labute approximate surface area is 196 Å². The van der Waals surface area contributed by atoms with E-state index in [2.05, 4.69) is 10.4 Å². The highest BCUT2D eigenvalue weighted by molar-refractivity contribution is 7.89. The van der Waals surface area contributed by atoms with Gasteiger partial charge in [-0.05, 0) is 44.0 Å². The first-order valence-corrected chi connectivity index (χ1v) is 12.4. The van der Waals surface area contributed by atoms with Crippen LogP contribution in [-0.4, -0.2) is 53.0 Å². The van der Waals surface area contributed by atoms with Crippen LogP contribution in [0.25, 0.3) is 10.9 Å². The quantitative estimate of drug-likeness (QED) is 0.381. The lowest BCUT2D eigenvalue weighted by Crippen LogP contribution is -2.35. The van der Waals surface area contributed by atoms with Gasteiger partial charge in [-0.2, -0.15) is 9.40 Å². The fraction of sp³-hybridized carbons (Fsp3) is 0.364. The molecule has 12 heteroatoms. The topological polar surface area (TPSA) is 137 Å². The van der Waals surface area contributed by atoms with Crippen LogP contribution in [0.4, 0.5) is 11.4 Å². The van der Waals surface area contributed by atoms with Crippen LogP contribution in [0.15, 0.2) is 47.5 Å². The molecule has 0 saturated carbocycles. The second-order valence-corrected chi connectivity index (χ2v) is 9.84. The fourth-order valence-electron chi connectivity index (χ4n) is 3.94. The van der Waals surface area contributed by atoms with Gasteiger partial charge < -0.3 is 10.1 Å². The Morgan fingerprint density at radius 3 is 2.65 bits per heavy atom. The Morgan fingerprint density at radius 1 is 1.18 bits per heavy atom. The Bertz CT molecular complexity index is 1330. The van der Waals surface area contributed by atoms with Crippen LogP contribution >= 0.6 is 0 Å². The van der Waals surface area contributed by atoms with Crippen molar-refractivity contribution in [2.45, 2.75) is 37.6 Å². The molecule has 1 fully saturated rings. The van der Waals surface area contributed by atoms with E-state index in [0.29, 0.717) is 36.3 Å². The van der Waals surface area contributed by atoms with Gasteiger partial charge in [-0.25, -0.2) is 8.42 Å². The molecule has 4 rings (SSSR count). The molecule has 1 saturated heterocycles. The van der Waals surface area contributed by atoms with Gasteiger partial charge in [-0.1, -0.05) is 6.42 Å². The van der Waals surface area contributed by atoms with E-state index in [4.69, 9.17) is 4.74 Å². The summed E-state index contributed by atoms with van der Waals surface area (Å²) in [7, 11) is -3.69. The average Bonchev–Trinajstić information content (AvgIpc) is 3.22. The first-order chi connectivity index (χ1) is 16.3. The number of nitro benzene ring substituents is 1. The van der Waals surface area contributed by atoms with Crippen LogP contribution in [0.1, 0.15) is 26.2 Å². The molecular formula is C22H25N5O6S. The predicted octanol–water partition coefficient (Wildman–Crippen LogP) is 3.16. The molecule has 1 aliphatic rings. The molecule has 0 unspecified atom stereocenters. The molecular weight excluding hydrogens is 462 g/mol. The van der Waals surface area contributed by atoms with Gasteiger partial charge >= 0.3 is 0 Å². The van der Waals surface area contributed by atoms with Crippen molar-refractivity contribution < 1.29 is 22.9 Å². The lowest BCUT2D eigenvalue weighted by molar-refractivity contribution is -0.384. The van der Waals surface area contributed by atoms with E-state index in [1.54, 1.807) is 13.0 Å². The minimum Gasteiger partial charge on any atom is -0.492 e. The smallest absolute Gasteiger partial charge is 0.270 e. The van der Waals surface area contributed by atoms with Crippen LogP contribution in [-0.2, 0) is 21.4 Å². The molecule has 1 amide bonds. The van der Waals surface area contributed by atoms with Crippen molar-refractivity contribution in [3.63, 3.8) is 0 Å². The van der Waals surface area contributed by atoms with Crippen molar-refractivity contribution >= 4 is 38.2 Å². The first kappa shape index (κ1) is 23.6. The Balaban J connectivity index is 1.57. The second-order valence-electron chi connectivity index (χ2n) is 7.91. The molecule has 2 heterocycles. The molecule has 1 aliphatic heterocycles. The number of sulfonamides is 1. The summed E-state index contributed by atoms with van der Waals surface area (Å²) in [6, 6.07) is 8.71. The van der Waals surface area contributed by atoms with Crippen LogP contribution in [0, 0.1) is 10.1 Å². The number of benzene rings is 2. The van der Waals surface area contributed by atoms with Gasteiger partial charge in [0, 0.05) is 30.6 Å². The van der Waals surface area contributed by atoms with Gasteiger partial charge in [-0.3, -0.25) is 19.6 Å². The molecule has 0 atom stereocenters. The van der Waals surface area contributed by atoms with E-state index in [1.807, 2.05) is 0 Å². The standard InChI is InChI=1S/C22H25N5O6S/c1-2-33-21-9-7-18(34(31,32)25-10-4-3-5-11-25)13-19(21)24-22(28)15-26-20-8-6-17(27(29)30)12-16(20)14-23-26/h6-9,12-14H,2-5,10-11,15H2,1H3,(H,24,28). The number of hydrogen-bond donors (Lipinski definition) is 1. The number of ether oxygens (including phenoxy) is 1. The minimum absolute atomic E-state index is 0.0652. The summed E-state index contributed by atoms with van der Waals surface area (Å²) in [6.45, 7) is 2.91. The van der Waals surface area contributed by atoms with Gasteiger partial charge in [0.15, 0.2) is 0 Å². The summed E-state index contributed by atoms with van der Waals surface area (Å²) in [5.41, 5.74) is 0.744. The predicted molar refractivity (Wildman–Crippen MR) is 125 cm³/mol. The highest BCUT2D eigenvalue weighted by Crippen LogP contribution is 2.30. The second kappa shape index (κ2) is 9.77. The molecule has 0 spiro atoms. The Morgan fingerprint density at radius 2 is 1.94 bits per heavy atom. The molecule has 0 bridgehead atoms. The number of nitro groups is 1. The van der Waals surface area contributed by atoms with Crippen LogP contribution < -0.4 is 10.1 Å². The van der Waals surface area contributed by atoms with Gasteiger partial charge in [0.05, 0.1) is 33.8 Å². The minimum atomic E-state index is -3.69. The van der Waals surface area contributed by atoms with Crippen LogP contribution in [0.5, 0.6) is 5.75 Å². The first-order valence-electron chi connectivity index (χ1n) is 11.0. The summed E-state index contributed by atoms with van der Waals surface area (Å²) >= 11 is 0. The van der Waals surface area contributed by atoms with Gasteiger partial charge in [0.1, 0.15) is 12.3 Å². The van der Waals surface area contributed by atoms with Crippen molar-refractivity contribution in [2.24, 2.45) is 0 Å². The van der Waals surface area contributed by atoms with E-state index < -0.39 is 20.9 Å². The summed E-state index contributed by atoms with van der Waals surface area (Å²) < 4.78 is 34.6. The molecule has 11 nitrogen and oxygen atoms in total. The molecule has 3 aromatic rings. The van der Waals surface area contributed by atoms with E-state index >= 15 is 0 Å². The van der Waals surface area contributed by atoms with Gasteiger partial charge in [0.2, 0.25) is 15.9 Å². The highest BCUT2D eigenvalue weighted by Gasteiger charge is 2.27. The number of amides is 1. The third-order valence-electron chi connectivity index (χ3n) is 5.61. The maximum absolute atomic E-state index is 13.1. The molecule has 34 heavy (non-hydrogen) atoms. The average molecular weight is 488 g/mol. The highest BCUT2D eigenvalue weighted by atomic mass is 32.2. The number of fused-ring (bicyclic) bond motifs is 1. The number of rotatable bonds is 8. The third kappa shape index (κ3) is 4.87. The number of carbonyl (C=O) groups is 1. The lowest BCUT2D eigenvalue weighted by Gasteiger charge is -2.26. The number of piperidine rings is 1. The number of non-ortho nitro benzene ring substituents is 1. The number of aromatic nitrogens is 2. The normalized spacial score (nSPS) is 14.7. The van der Waals surface area contributed by atoms with Crippen molar-refractivity contribution in [3.8, 4) is 5.75 Å². The fourth-order valence-corrected chi connectivity index (χ4v) is 5.49. The van der Waals surface area contributed by atoms with Crippen molar-refractivity contribution in [3.05, 3.63) is 52.7 Å². The van der Waals surface area contributed by atoms with Crippen LogP contribution in [0.3, 0.4) is 0 Å². The Kier molecular flexibility index (Phi) is 6.80. The van der Waals surface area contributed by atoms with E-state index in [1.165, 1.54) is 45.5 Å². The molecule has 180 valence electrons. The van der Waals surface area contributed by atoms with Gasteiger partial charge in [0.25, 0.3) is 5.69 Å². The summed E-state index contributed by atoms with van der Waals surface area (Å²) in [5.74, 6) is -0.0915. The maximum atomic E-state index is 13.1. The summed E-state index contributed by atoms with van der Waals surface area (Å²) in [6.07, 6.45) is 4.10. The number of carbonyl (C=O) groups excluding carboxylic acids is 1.